The van der Waals surface area contributed by atoms with Crippen LogP contribution in [0.2, 0.25) is 0 Å². The number of anilines is 1. The zero-order chi connectivity index (χ0) is 18.1. The van der Waals surface area contributed by atoms with E-state index in [0.29, 0.717) is 17.4 Å². The summed E-state index contributed by atoms with van der Waals surface area (Å²) in [6.07, 6.45) is 1.41. The molecule has 0 aliphatic rings. The molecule has 128 valence electrons. The number of nitrogens with one attached hydrogen (secondary N) is 1. The fourth-order valence-electron chi connectivity index (χ4n) is 2.73. The number of rotatable bonds is 3. The summed E-state index contributed by atoms with van der Waals surface area (Å²) in [6, 6.07) is 8.66. The lowest BCUT2D eigenvalue weighted by atomic mass is 10.1. The number of carbonyl (C=O) groups excluding carboxylic acids is 1. The molecule has 1 N–H and O–H groups in total. The van der Waals surface area contributed by atoms with Crippen LogP contribution in [0.4, 0.5) is 14.5 Å². The summed E-state index contributed by atoms with van der Waals surface area (Å²) in [6.45, 7) is 4.26. The third-order valence-corrected chi connectivity index (χ3v) is 4.02. The van der Waals surface area contributed by atoms with Gasteiger partial charge in [0.25, 0.3) is 5.91 Å². The first-order valence-corrected chi connectivity index (χ1v) is 7.81. The van der Waals surface area contributed by atoms with E-state index >= 15 is 0 Å². The van der Waals surface area contributed by atoms with Crippen molar-refractivity contribution in [2.45, 2.75) is 20.4 Å². The van der Waals surface area contributed by atoms with Crippen molar-refractivity contribution in [3.05, 3.63) is 75.6 Å². The van der Waals surface area contributed by atoms with Crippen LogP contribution in [0.15, 0.2) is 47.4 Å². The first kappa shape index (κ1) is 16.8. The first-order valence-electron chi connectivity index (χ1n) is 7.81. The molecular formula is C19H16F2N2O2. The van der Waals surface area contributed by atoms with Crippen LogP contribution in [-0.2, 0) is 6.54 Å². The van der Waals surface area contributed by atoms with Gasteiger partial charge in [0.1, 0.15) is 22.9 Å². The molecular weight excluding hydrogens is 326 g/mol. The fraction of sp³-hybridized carbons (Fsp3) is 0.158. The van der Waals surface area contributed by atoms with Crippen LogP contribution in [0.5, 0.6) is 0 Å². The number of hydrogen-bond acceptors (Lipinski definition) is 2. The lowest BCUT2D eigenvalue weighted by Crippen LogP contribution is -2.24. The molecule has 0 fully saturated rings. The summed E-state index contributed by atoms with van der Waals surface area (Å²) < 4.78 is 29.2. The zero-order valence-electron chi connectivity index (χ0n) is 13.8. The van der Waals surface area contributed by atoms with Crippen LogP contribution in [0.25, 0.3) is 10.9 Å². The Morgan fingerprint density at radius 3 is 2.48 bits per heavy atom. The summed E-state index contributed by atoms with van der Waals surface area (Å²) in [7, 11) is 0. The van der Waals surface area contributed by atoms with E-state index < -0.39 is 28.7 Å². The van der Waals surface area contributed by atoms with Crippen molar-refractivity contribution in [3.8, 4) is 0 Å². The van der Waals surface area contributed by atoms with Crippen LogP contribution in [-0.4, -0.2) is 10.5 Å². The second-order valence-electron chi connectivity index (χ2n) is 5.73. The molecule has 0 saturated carbocycles. The van der Waals surface area contributed by atoms with Crippen LogP contribution in [0.3, 0.4) is 0 Å². The SMILES string of the molecule is CCn1cc(C(=O)Nc2c(F)cccc2F)c(=O)c2cc(C)ccc21. The minimum Gasteiger partial charge on any atom is -0.347 e. The summed E-state index contributed by atoms with van der Waals surface area (Å²) in [4.78, 5) is 25.2. The molecule has 3 rings (SSSR count). The number of nitrogens with zero attached hydrogens (tertiary/aromatic N) is 1. The molecule has 3 aromatic rings. The first-order chi connectivity index (χ1) is 11.9. The number of carbonyl (C=O) groups is 1. The van der Waals surface area contributed by atoms with Crippen LogP contribution in [0.1, 0.15) is 22.8 Å². The molecule has 1 heterocycles. The van der Waals surface area contributed by atoms with Gasteiger partial charge >= 0.3 is 0 Å². The highest BCUT2D eigenvalue weighted by atomic mass is 19.1. The van der Waals surface area contributed by atoms with Crippen LogP contribution in [0, 0.1) is 18.6 Å². The Labute approximate surface area is 142 Å². The van der Waals surface area contributed by atoms with Crippen LogP contribution < -0.4 is 10.7 Å². The third kappa shape index (κ3) is 3.03. The number of para-hydroxylation sites is 1. The Bertz CT molecular complexity index is 1020. The van der Waals surface area contributed by atoms with E-state index in [9.17, 15) is 18.4 Å². The van der Waals surface area contributed by atoms with E-state index in [4.69, 9.17) is 0 Å². The molecule has 2 aromatic carbocycles. The number of amides is 1. The molecule has 0 spiro atoms. The Morgan fingerprint density at radius 2 is 1.84 bits per heavy atom. The van der Waals surface area contributed by atoms with Crippen molar-refractivity contribution in [2.75, 3.05) is 5.32 Å². The van der Waals surface area contributed by atoms with Crippen molar-refractivity contribution >= 4 is 22.5 Å². The van der Waals surface area contributed by atoms with Gasteiger partial charge in [-0.25, -0.2) is 8.78 Å². The van der Waals surface area contributed by atoms with E-state index in [-0.39, 0.29) is 5.56 Å². The number of benzene rings is 2. The van der Waals surface area contributed by atoms with Crippen molar-refractivity contribution in [1.82, 2.24) is 4.57 Å². The number of aryl methyl sites for hydroxylation is 2. The number of halogens is 2. The average Bonchev–Trinajstić information content (AvgIpc) is 2.59. The highest BCUT2D eigenvalue weighted by Gasteiger charge is 2.18. The third-order valence-electron chi connectivity index (χ3n) is 4.02. The highest BCUT2D eigenvalue weighted by molar-refractivity contribution is 6.05. The Hall–Kier alpha value is -3.02. The monoisotopic (exact) mass is 342 g/mol. The lowest BCUT2D eigenvalue weighted by molar-refractivity contribution is 0.102. The molecule has 0 saturated heterocycles. The van der Waals surface area contributed by atoms with Gasteiger partial charge in [-0.1, -0.05) is 17.7 Å². The second kappa shape index (κ2) is 6.47. The smallest absolute Gasteiger partial charge is 0.261 e. The van der Waals surface area contributed by atoms with E-state index in [1.165, 1.54) is 12.3 Å². The van der Waals surface area contributed by atoms with E-state index in [2.05, 4.69) is 5.32 Å². The minimum atomic E-state index is -0.902. The Balaban J connectivity index is 2.13. The van der Waals surface area contributed by atoms with Crippen molar-refractivity contribution in [2.24, 2.45) is 0 Å². The highest BCUT2D eigenvalue weighted by Crippen LogP contribution is 2.19. The number of hydrogen-bond donors (Lipinski definition) is 1. The van der Waals surface area contributed by atoms with Gasteiger partial charge in [0.05, 0.1) is 5.52 Å². The fourth-order valence-corrected chi connectivity index (χ4v) is 2.73. The predicted octanol–water partition coefficient (Wildman–Crippen LogP) is 3.86. The van der Waals surface area contributed by atoms with Gasteiger partial charge < -0.3 is 9.88 Å². The maximum Gasteiger partial charge on any atom is 0.261 e. The Morgan fingerprint density at radius 1 is 1.16 bits per heavy atom. The normalized spacial score (nSPS) is 10.9. The minimum absolute atomic E-state index is 0.164. The molecule has 1 amide bonds. The molecule has 0 bridgehead atoms. The Kier molecular flexibility index (Phi) is 4.35. The predicted molar refractivity (Wildman–Crippen MR) is 92.9 cm³/mol. The largest absolute Gasteiger partial charge is 0.347 e. The van der Waals surface area contributed by atoms with Crippen molar-refractivity contribution in [1.29, 1.82) is 0 Å². The van der Waals surface area contributed by atoms with Gasteiger partial charge in [-0.15, -0.1) is 0 Å². The van der Waals surface area contributed by atoms with Gasteiger partial charge in [-0.05, 0) is 38.1 Å². The lowest BCUT2D eigenvalue weighted by Gasteiger charge is -2.13. The van der Waals surface area contributed by atoms with Gasteiger partial charge in [0.15, 0.2) is 0 Å². The maximum atomic E-state index is 13.7. The number of aromatic nitrogens is 1. The van der Waals surface area contributed by atoms with Crippen LogP contribution >= 0.6 is 0 Å². The molecule has 0 aliphatic heterocycles. The van der Waals surface area contributed by atoms with E-state index in [1.807, 2.05) is 26.0 Å². The molecule has 1 aromatic heterocycles. The molecule has 4 nitrogen and oxygen atoms in total. The molecule has 25 heavy (non-hydrogen) atoms. The summed E-state index contributed by atoms with van der Waals surface area (Å²) in [5, 5.41) is 2.56. The quantitative estimate of drug-likeness (QED) is 0.786. The number of fused-ring (bicyclic) bond motifs is 1. The molecule has 6 heteroatoms. The topological polar surface area (TPSA) is 51.1 Å². The second-order valence-corrected chi connectivity index (χ2v) is 5.73. The molecule has 0 aliphatic carbocycles. The zero-order valence-corrected chi connectivity index (χ0v) is 13.8. The molecule has 0 unspecified atom stereocenters. The van der Waals surface area contributed by atoms with Gasteiger partial charge in [-0.2, -0.15) is 0 Å². The summed E-state index contributed by atoms with van der Waals surface area (Å²) >= 11 is 0. The standard InChI is InChI=1S/C19H16F2N2O2/c1-3-23-10-13(18(24)12-9-11(2)7-8-16(12)23)19(25)22-17-14(20)5-4-6-15(17)21/h4-10H,3H2,1-2H3,(H,22,25). The molecule has 0 atom stereocenters. The number of pyridine rings is 1. The van der Waals surface area contributed by atoms with E-state index in [0.717, 1.165) is 17.7 Å². The van der Waals surface area contributed by atoms with Gasteiger partial charge in [0.2, 0.25) is 5.43 Å². The molecule has 0 radical (unpaired) electrons. The maximum absolute atomic E-state index is 13.7. The summed E-state index contributed by atoms with van der Waals surface area (Å²) in [5.41, 5.74) is 0.371. The van der Waals surface area contributed by atoms with E-state index in [1.54, 1.807) is 10.6 Å². The van der Waals surface area contributed by atoms with Crippen molar-refractivity contribution < 1.29 is 13.6 Å². The van der Waals surface area contributed by atoms with Gasteiger partial charge in [-0.3, -0.25) is 9.59 Å². The average molecular weight is 342 g/mol. The van der Waals surface area contributed by atoms with Crippen molar-refractivity contribution in [3.63, 3.8) is 0 Å². The van der Waals surface area contributed by atoms with Gasteiger partial charge in [0, 0.05) is 18.1 Å². The summed E-state index contributed by atoms with van der Waals surface area (Å²) in [5.74, 6) is -2.65.